The maximum Gasteiger partial charge on any atom is 0.237 e. The van der Waals surface area contributed by atoms with Crippen molar-refractivity contribution in [2.75, 3.05) is 13.1 Å². The quantitative estimate of drug-likeness (QED) is 0.858. The molecule has 1 aromatic carbocycles. The number of aryl methyl sites for hydroxylation is 2. The highest BCUT2D eigenvalue weighted by molar-refractivity contribution is 5.82. The van der Waals surface area contributed by atoms with Gasteiger partial charge in [0.2, 0.25) is 11.8 Å². The van der Waals surface area contributed by atoms with Gasteiger partial charge in [0.05, 0.1) is 18.0 Å². The SMILES string of the molecule is CC(NC(=O)C(C)N1CCC(C(N)=O)C1)c1ccc2c(c1)CCCC2. The number of carbonyl (C=O) groups is 2. The van der Waals surface area contributed by atoms with Gasteiger partial charge in [-0.2, -0.15) is 0 Å². The van der Waals surface area contributed by atoms with Crippen molar-refractivity contribution in [1.29, 1.82) is 0 Å². The molecule has 0 radical (unpaired) electrons. The molecule has 3 unspecified atom stereocenters. The summed E-state index contributed by atoms with van der Waals surface area (Å²) in [5, 5.41) is 3.13. The van der Waals surface area contributed by atoms with Crippen LogP contribution in [0.5, 0.6) is 0 Å². The summed E-state index contributed by atoms with van der Waals surface area (Å²) < 4.78 is 0. The summed E-state index contributed by atoms with van der Waals surface area (Å²) in [5.74, 6) is -0.388. The van der Waals surface area contributed by atoms with Crippen LogP contribution in [0.4, 0.5) is 0 Å². The minimum Gasteiger partial charge on any atom is -0.369 e. The van der Waals surface area contributed by atoms with E-state index in [9.17, 15) is 9.59 Å². The molecule has 5 nitrogen and oxygen atoms in total. The Hall–Kier alpha value is -1.88. The predicted octanol–water partition coefficient (Wildman–Crippen LogP) is 1.94. The second kappa shape index (κ2) is 7.56. The topological polar surface area (TPSA) is 75.4 Å². The lowest BCUT2D eigenvalue weighted by atomic mass is 9.89. The molecular weight excluding hydrogens is 314 g/mol. The number of primary amides is 1. The Morgan fingerprint density at radius 3 is 2.60 bits per heavy atom. The molecule has 1 heterocycles. The zero-order valence-corrected chi connectivity index (χ0v) is 15.3. The van der Waals surface area contributed by atoms with Crippen molar-refractivity contribution in [2.24, 2.45) is 11.7 Å². The molecule has 1 aliphatic carbocycles. The first-order valence-corrected chi connectivity index (χ1v) is 9.41. The summed E-state index contributed by atoms with van der Waals surface area (Å²) in [7, 11) is 0. The minimum atomic E-state index is -0.266. The van der Waals surface area contributed by atoms with Crippen LogP contribution in [0.15, 0.2) is 18.2 Å². The molecule has 0 saturated carbocycles. The molecule has 0 bridgehead atoms. The first kappa shape index (κ1) is 17.9. The van der Waals surface area contributed by atoms with E-state index >= 15 is 0 Å². The van der Waals surface area contributed by atoms with E-state index in [1.807, 2.05) is 18.7 Å². The van der Waals surface area contributed by atoms with Gasteiger partial charge in [-0.05, 0) is 69.2 Å². The Balaban J connectivity index is 1.59. The molecule has 1 fully saturated rings. The maximum absolute atomic E-state index is 12.6. The number of rotatable bonds is 5. The van der Waals surface area contributed by atoms with Gasteiger partial charge >= 0.3 is 0 Å². The lowest BCUT2D eigenvalue weighted by molar-refractivity contribution is -0.127. The van der Waals surface area contributed by atoms with Crippen LogP contribution >= 0.6 is 0 Å². The molecule has 3 N–H and O–H groups in total. The molecule has 2 aliphatic rings. The Kier molecular flexibility index (Phi) is 5.42. The molecule has 0 aromatic heterocycles. The fourth-order valence-electron chi connectivity index (χ4n) is 3.98. The third-order valence-electron chi connectivity index (χ3n) is 5.78. The Labute approximate surface area is 150 Å². The van der Waals surface area contributed by atoms with Crippen molar-refractivity contribution >= 4 is 11.8 Å². The van der Waals surface area contributed by atoms with E-state index in [0.717, 1.165) is 24.9 Å². The van der Waals surface area contributed by atoms with Crippen LogP contribution in [0.25, 0.3) is 0 Å². The van der Waals surface area contributed by atoms with Crippen molar-refractivity contribution in [1.82, 2.24) is 10.2 Å². The van der Waals surface area contributed by atoms with E-state index < -0.39 is 0 Å². The lowest BCUT2D eigenvalue weighted by Gasteiger charge is -2.26. The standard InChI is InChI=1S/C20H29N3O2/c1-13(16-8-7-15-5-3-4-6-17(15)11-16)22-20(25)14(2)23-10-9-18(12-23)19(21)24/h7-8,11,13-14,18H,3-6,9-10,12H2,1-2H3,(H2,21,24)(H,22,25). The number of fused-ring (bicyclic) bond motifs is 1. The number of benzene rings is 1. The Bertz CT molecular complexity index is 658. The fourth-order valence-corrected chi connectivity index (χ4v) is 3.98. The lowest BCUT2D eigenvalue weighted by Crippen LogP contribution is -2.45. The monoisotopic (exact) mass is 343 g/mol. The third-order valence-corrected chi connectivity index (χ3v) is 5.78. The second-order valence-corrected chi connectivity index (χ2v) is 7.52. The first-order chi connectivity index (χ1) is 12.0. The van der Waals surface area contributed by atoms with Crippen molar-refractivity contribution in [2.45, 2.75) is 58.0 Å². The number of hydrogen-bond donors (Lipinski definition) is 2. The van der Waals surface area contributed by atoms with E-state index in [-0.39, 0.29) is 29.8 Å². The summed E-state index contributed by atoms with van der Waals surface area (Å²) in [4.78, 5) is 26.0. The molecule has 1 saturated heterocycles. The van der Waals surface area contributed by atoms with Crippen molar-refractivity contribution in [3.8, 4) is 0 Å². The molecule has 3 atom stereocenters. The number of nitrogens with one attached hydrogen (secondary N) is 1. The summed E-state index contributed by atoms with van der Waals surface area (Å²) in [5.41, 5.74) is 9.43. The van der Waals surface area contributed by atoms with Crippen LogP contribution in [-0.2, 0) is 22.4 Å². The molecular formula is C20H29N3O2. The Morgan fingerprint density at radius 2 is 1.92 bits per heavy atom. The molecule has 5 heteroatoms. The number of carbonyl (C=O) groups excluding carboxylic acids is 2. The van der Waals surface area contributed by atoms with Crippen LogP contribution in [-0.4, -0.2) is 35.8 Å². The van der Waals surface area contributed by atoms with Gasteiger partial charge in [-0.15, -0.1) is 0 Å². The van der Waals surface area contributed by atoms with Crippen molar-refractivity contribution < 1.29 is 9.59 Å². The zero-order valence-electron chi connectivity index (χ0n) is 15.3. The molecule has 25 heavy (non-hydrogen) atoms. The summed E-state index contributed by atoms with van der Waals surface area (Å²) >= 11 is 0. The van der Waals surface area contributed by atoms with E-state index in [0.29, 0.717) is 6.54 Å². The van der Waals surface area contributed by atoms with Gasteiger partial charge in [0.25, 0.3) is 0 Å². The predicted molar refractivity (Wildman–Crippen MR) is 98.0 cm³/mol. The van der Waals surface area contributed by atoms with Crippen LogP contribution in [0.3, 0.4) is 0 Å². The largest absolute Gasteiger partial charge is 0.369 e. The van der Waals surface area contributed by atoms with E-state index in [1.165, 1.54) is 30.4 Å². The number of hydrogen-bond acceptors (Lipinski definition) is 3. The molecule has 3 rings (SSSR count). The highest BCUT2D eigenvalue weighted by atomic mass is 16.2. The van der Waals surface area contributed by atoms with Crippen LogP contribution in [0, 0.1) is 5.92 Å². The smallest absolute Gasteiger partial charge is 0.237 e. The van der Waals surface area contributed by atoms with Crippen LogP contribution in [0.2, 0.25) is 0 Å². The van der Waals surface area contributed by atoms with Crippen molar-refractivity contribution in [3.05, 3.63) is 34.9 Å². The number of nitrogens with zero attached hydrogens (tertiary/aromatic N) is 1. The highest BCUT2D eigenvalue weighted by Gasteiger charge is 2.32. The van der Waals surface area contributed by atoms with Crippen LogP contribution in [0.1, 0.15) is 55.8 Å². The molecule has 0 spiro atoms. The number of likely N-dealkylation sites (tertiary alicyclic amines) is 1. The van der Waals surface area contributed by atoms with E-state index in [2.05, 4.69) is 23.5 Å². The molecule has 1 aliphatic heterocycles. The Morgan fingerprint density at radius 1 is 1.20 bits per heavy atom. The summed E-state index contributed by atoms with van der Waals surface area (Å²) in [6.45, 7) is 5.26. The van der Waals surface area contributed by atoms with Gasteiger partial charge in [-0.25, -0.2) is 0 Å². The second-order valence-electron chi connectivity index (χ2n) is 7.52. The van der Waals surface area contributed by atoms with Gasteiger partial charge in [0, 0.05) is 6.54 Å². The van der Waals surface area contributed by atoms with Gasteiger partial charge in [0.1, 0.15) is 0 Å². The fraction of sp³-hybridized carbons (Fsp3) is 0.600. The van der Waals surface area contributed by atoms with Gasteiger partial charge in [-0.3, -0.25) is 14.5 Å². The first-order valence-electron chi connectivity index (χ1n) is 9.41. The maximum atomic E-state index is 12.6. The molecule has 1 aromatic rings. The summed E-state index contributed by atoms with van der Waals surface area (Å²) in [6.07, 6.45) is 5.59. The third kappa shape index (κ3) is 4.03. The van der Waals surface area contributed by atoms with Gasteiger partial charge in [0.15, 0.2) is 0 Å². The number of amides is 2. The minimum absolute atomic E-state index is 0.00958. The number of nitrogens with two attached hydrogens (primary N) is 1. The van der Waals surface area contributed by atoms with Crippen molar-refractivity contribution in [3.63, 3.8) is 0 Å². The van der Waals surface area contributed by atoms with Crippen LogP contribution < -0.4 is 11.1 Å². The highest BCUT2D eigenvalue weighted by Crippen LogP contribution is 2.25. The average Bonchev–Trinajstić information content (AvgIpc) is 3.11. The van der Waals surface area contributed by atoms with E-state index in [4.69, 9.17) is 5.73 Å². The molecule has 136 valence electrons. The zero-order chi connectivity index (χ0) is 18.0. The van der Waals surface area contributed by atoms with E-state index in [1.54, 1.807) is 0 Å². The average molecular weight is 343 g/mol. The molecule has 2 amide bonds. The van der Waals surface area contributed by atoms with Gasteiger partial charge < -0.3 is 11.1 Å². The normalized spacial score (nSPS) is 22.9. The summed E-state index contributed by atoms with van der Waals surface area (Å²) in [6, 6.07) is 6.34. The van der Waals surface area contributed by atoms with Gasteiger partial charge in [-0.1, -0.05) is 18.2 Å².